The Morgan fingerprint density at radius 1 is 0.333 bits per heavy atom. The molecule has 0 bridgehead atoms. The zero-order valence-corrected chi connectivity index (χ0v) is 30.4. The second kappa shape index (κ2) is 12.3. The van der Waals surface area contributed by atoms with Crippen LogP contribution in [0.1, 0.15) is 0 Å². The lowest BCUT2D eigenvalue weighted by atomic mass is 9.99. The van der Waals surface area contributed by atoms with Crippen LogP contribution in [0, 0.1) is 0 Å². The van der Waals surface area contributed by atoms with Crippen LogP contribution in [-0.4, -0.2) is 19.5 Å². The third-order valence-electron chi connectivity index (χ3n) is 11.1. The Bertz CT molecular complexity index is 3410. The lowest BCUT2D eigenvalue weighted by molar-refractivity contribution is 0.665. The van der Waals surface area contributed by atoms with Gasteiger partial charge in [-0.1, -0.05) is 152 Å². The normalized spacial score (nSPS) is 11.9. The highest BCUT2D eigenvalue weighted by Crippen LogP contribution is 2.45. The molecule has 0 aliphatic carbocycles. The van der Waals surface area contributed by atoms with Crippen LogP contribution in [-0.2, 0) is 0 Å². The van der Waals surface area contributed by atoms with Gasteiger partial charge in [0, 0.05) is 49.2 Å². The predicted molar refractivity (Wildman–Crippen MR) is 230 cm³/mol. The molecule has 0 saturated carbocycles. The standard InChI is InChI=1S/C51H30N4O2/c1-3-15-31(16-4-1)49-52-50(32-17-5-2-6-18-32)54-51(53-49)40-26-13-24-38-36-22-11-21-35(46(36)57-48(38)40)37-23-12-25-39-45-43(29-14-30-44(45)56-47(37)39)55-41-27-9-7-19-33(41)34-20-8-10-28-42(34)55/h1-30H. The van der Waals surface area contributed by atoms with Gasteiger partial charge in [-0.15, -0.1) is 0 Å². The smallest absolute Gasteiger partial charge is 0.167 e. The maximum atomic E-state index is 6.97. The van der Waals surface area contributed by atoms with Crippen molar-refractivity contribution in [2.75, 3.05) is 0 Å². The fourth-order valence-electron chi connectivity index (χ4n) is 8.55. The van der Waals surface area contributed by atoms with Gasteiger partial charge in [0.05, 0.1) is 27.7 Å². The summed E-state index contributed by atoms with van der Waals surface area (Å²) in [6.07, 6.45) is 0. The molecule has 4 aromatic heterocycles. The second-order valence-corrected chi connectivity index (χ2v) is 14.3. The summed E-state index contributed by atoms with van der Waals surface area (Å²) in [5, 5.41) is 6.54. The summed E-state index contributed by atoms with van der Waals surface area (Å²) in [6.45, 7) is 0. The Kier molecular flexibility index (Phi) is 6.83. The van der Waals surface area contributed by atoms with Crippen LogP contribution < -0.4 is 0 Å². The molecule has 266 valence electrons. The minimum Gasteiger partial charge on any atom is -0.455 e. The minimum atomic E-state index is 0.547. The van der Waals surface area contributed by atoms with Gasteiger partial charge in [0.2, 0.25) is 0 Å². The van der Waals surface area contributed by atoms with E-state index in [9.17, 15) is 0 Å². The summed E-state index contributed by atoms with van der Waals surface area (Å²) in [5.74, 6) is 1.75. The molecular formula is C51H30N4O2. The van der Waals surface area contributed by atoms with Crippen LogP contribution in [0.5, 0.6) is 0 Å². The van der Waals surface area contributed by atoms with Crippen LogP contribution in [0.2, 0.25) is 0 Å². The van der Waals surface area contributed by atoms with Crippen molar-refractivity contribution >= 4 is 65.7 Å². The Balaban J connectivity index is 1.07. The Morgan fingerprint density at radius 2 is 0.789 bits per heavy atom. The Hall–Kier alpha value is -7.83. The molecule has 0 N–H and O–H groups in total. The maximum Gasteiger partial charge on any atom is 0.167 e. The molecule has 0 aliphatic rings. The molecule has 12 aromatic rings. The first-order valence-electron chi connectivity index (χ1n) is 19.0. The van der Waals surface area contributed by atoms with E-state index in [1.807, 2.05) is 72.8 Å². The average molecular weight is 731 g/mol. The van der Waals surface area contributed by atoms with E-state index in [4.69, 9.17) is 23.8 Å². The third kappa shape index (κ3) is 4.81. The molecule has 0 spiro atoms. The van der Waals surface area contributed by atoms with Crippen LogP contribution >= 0.6 is 0 Å². The van der Waals surface area contributed by atoms with Crippen molar-refractivity contribution in [3.8, 4) is 51.0 Å². The molecule has 0 unspecified atom stereocenters. The molecule has 0 fully saturated rings. The van der Waals surface area contributed by atoms with Crippen molar-refractivity contribution in [1.82, 2.24) is 19.5 Å². The molecule has 57 heavy (non-hydrogen) atoms. The molecule has 4 heterocycles. The predicted octanol–water partition coefficient (Wildman–Crippen LogP) is 13.4. The second-order valence-electron chi connectivity index (χ2n) is 14.3. The Labute approximate surface area is 325 Å². The van der Waals surface area contributed by atoms with Crippen molar-refractivity contribution < 1.29 is 8.83 Å². The highest BCUT2D eigenvalue weighted by atomic mass is 16.3. The SMILES string of the molecule is c1ccc(-c2nc(-c3ccccc3)nc(-c3cccc4c3oc3c(-c5cccc6c5oc5cccc(-n7c8ccccc8c8ccccc87)c56)cccc34)n2)cc1. The molecule has 0 aliphatic heterocycles. The number of hydrogen-bond acceptors (Lipinski definition) is 5. The zero-order chi connectivity index (χ0) is 37.5. The van der Waals surface area contributed by atoms with Crippen molar-refractivity contribution in [2.45, 2.75) is 0 Å². The quantitative estimate of drug-likeness (QED) is 0.176. The van der Waals surface area contributed by atoms with Gasteiger partial charge in [-0.05, 0) is 30.3 Å². The first-order valence-corrected chi connectivity index (χ1v) is 19.0. The molecule has 8 aromatic carbocycles. The number of rotatable bonds is 5. The van der Waals surface area contributed by atoms with E-state index in [-0.39, 0.29) is 0 Å². The summed E-state index contributed by atoms with van der Waals surface area (Å²) in [4.78, 5) is 15.0. The summed E-state index contributed by atoms with van der Waals surface area (Å²) in [5.41, 5.74) is 11.1. The van der Waals surface area contributed by atoms with E-state index in [2.05, 4.69) is 114 Å². The number of benzene rings is 8. The van der Waals surface area contributed by atoms with Gasteiger partial charge in [0.15, 0.2) is 17.5 Å². The van der Waals surface area contributed by atoms with Crippen LogP contribution in [0.15, 0.2) is 191 Å². The third-order valence-corrected chi connectivity index (χ3v) is 11.1. The van der Waals surface area contributed by atoms with E-state index in [0.717, 1.165) is 88.4 Å². The van der Waals surface area contributed by atoms with Gasteiger partial charge in [0.25, 0.3) is 0 Å². The topological polar surface area (TPSA) is 69.9 Å². The van der Waals surface area contributed by atoms with Crippen LogP contribution in [0.4, 0.5) is 0 Å². The van der Waals surface area contributed by atoms with Crippen molar-refractivity contribution in [3.63, 3.8) is 0 Å². The van der Waals surface area contributed by atoms with E-state index in [1.54, 1.807) is 0 Å². The maximum absolute atomic E-state index is 6.97. The lowest BCUT2D eigenvalue weighted by Gasteiger charge is -2.09. The van der Waals surface area contributed by atoms with Crippen molar-refractivity contribution in [2.24, 2.45) is 0 Å². The molecule has 6 heteroatoms. The molecule has 0 atom stereocenters. The number of hydrogen-bond donors (Lipinski definition) is 0. The summed E-state index contributed by atoms with van der Waals surface area (Å²) in [6, 6.07) is 62.5. The first kappa shape index (κ1) is 31.5. The van der Waals surface area contributed by atoms with Gasteiger partial charge < -0.3 is 13.4 Å². The Morgan fingerprint density at radius 3 is 1.40 bits per heavy atom. The summed E-state index contributed by atoms with van der Waals surface area (Å²) in [7, 11) is 0. The first-order chi connectivity index (χ1) is 28.3. The molecule has 12 rings (SSSR count). The van der Waals surface area contributed by atoms with Crippen molar-refractivity contribution in [1.29, 1.82) is 0 Å². The highest BCUT2D eigenvalue weighted by molar-refractivity contribution is 6.19. The number of aromatic nitrogens is 4. The average Bonchev–Trinajstić information content (AvgIpc) is 3.97. The molecule has 0 amide bonds. The number of furan rings is 2. The van der Waals surface area contributed by atoms with E-state index in [1.165, 1.54) is 10.8 Å². The molecule has 0 saturated heterocycles. The molecule has 0 radical (unpaired) electrons. The number of fused-ring (bicyclic) bond motifs is 9. The van der Waals surface area contributed by atoms with E-state index >= 15 is 0 Å². The largest absolute Gasteiger partial charge is 0.455 e. The summed E-state index contributed by atoms with van der Waals surface area (Å²) >= 11 is 0. The molecular weight excluding hydrogens is 701 g/mol. The van der Waals surface area contributed by atoms with Gasteiger partial charge in [-0.3, -0.25) is 0 Å². The lowest BCUT2D eigenvalue weighted by Crippen LogP contribution is -2.00. The minimum absolute atomic E-state index is 0.547. The van der Waals surface area contributed by atoms with Gasteiger partial charge in [0.1, 0.15) is 22.3 Å². The molecule has 6 nitrogen and oxygen atoms in total. The number of para-hydroxylation sites is 5. The van der Waals surface area contributed by atoms with Gasteiger partial charge in [-0.2, -0.15) is 0 Å². The number of nitrogens with zero attached hydrogens (tertiary/aromatic N) is 4. The highest BCUT2D eigenvalue weighted by Gasteiger charge is 2.23. The van der Waals surface area contributed by atoms with Gasteiger partial charge >= 0.3 is 0 Å². The van der Waals surface area contributed by atoms with Crippen LogP contribution in [0.3, 0.4) is 0 Å². The summed E-state index contributed by atoms with van der Waals surface area (Å²) < 4.78 is 16.2. The van der Waals surface area contributed by atoms with E-state index in [0.29, 0.717) is 17.5 Å². The van der Waals surface area contributed by atoms with Crippen LogP contribution in [0.25, 0.3) is 117 Å². The monoisotopic (exact) mass is 730 g/mol. The van der Waals surface area contributed by atoms with Crippen molar-refractivity contribution in [3.05, 3.63) is 182 Å². The zero-order valence-electron chi connectivity index (χ0n) is 30.4. The fourth-order valence-corrected chi connectivity index (χ4v) is 8.55. The van der Waals surface area contributed by atoms with E-state index < -0.39 is 0 Å². The van der Waals surface area contributed by atoms with Gasteiger partial charge in [-0.25, -0.2) is 15.0 Å². The fraction of sp³-hybridized carbons (Fsp3) is 0.